The van der Waals surface area contributed by atoms with Crippen molar-refractivity contribution in [3.63, 3.8) is 0 Å². The first-order valence-corrected chi connectivity index (χ1v) is 11.6. The Labute approximate surface area is 190 Å². The van der Waals surface area contributed by atoms with Gasteiger partial charge < -0.3 is 0 Å². The summed E-state index contributed by atoms with van der Waals surface area (Å²) in [5, 5.41) is 4.71. The van der Waals surface area contributed by atoms with E-state index in [-0.39, 0.29) is 26.9 Å². The molecule has 0 spiro atoms. The van der Waals surface area contributed by atoms with E-state index < -0.39 is 21.6 Å². The monoisotopic (exact) mass is 498 g/mol. The highest BCUT2D eigenvalue weighted by molar-refractivity contribution is 7.91. The predicted molar refractivity (Wildman–Crippen MR) is 116 cm³/mol. The van der Waals surface area contributed by atoms with Crippen molar-refractivity contribution in [1.82, 2.24) is 19.2 Å². The second kappa shape index (κ2) is 7.98. The van der Waals surface area contributed by atoms with E-state index in [0.717, 1.165) is 27.4 Å². The van der Waals surface area contributed by atoms with Gasteiger partial charge in [-0.1, -0.05) is 30.7 Å². The van der Waals surface area contributed by atoms with Crippen molar-refractivity contribution < 1.29 is 21.6 Å². The lowest BCUT2D eigenvalue weighted by Crippen LogP contribution is -2.12. The van der Waals surface area contributed by atoms with Gasteiger partial charge in [0.15, 0.2) is 21.3 Å². The molecule has 4 aromatic rings. The average Bonchev–Trinajstić information content (AvgIpc) is 3.09. The number of hydrogen-bond donors (Lipinski definition) is 0. The normalized spacial score (nSPS) is 12.4. The number of benzene rings is 1. The smallest absolute Gasteiger partial charge is 0.274 e. The Morgan fingerprint density at radius 3 is 2.41 bits per heavy atom. The molecule has 0 N–H and O–H groups in total. The molecule has 6 nitrogen and oxygen atoms in total. The fourth-order valence-corrected chi connectivity index (χ4v) is 4.50. The van der Waals surface area contributed by atoms with E-state index >= 15 is 0 Å². The van der Waals surface area contributed by atoms with Gasteiger partial charge in [0.1, 0.15) is 4.90 Å². The molecule has 0 amide bonds. The SMILES string of the molecule is CCS(=O)(=O)c1cc(-c2ccc(Cl)cc2)cnc1-n1nc2ccc(C(F)(F)F)cn2c1=S. The van der Waals surface area contributed by atoms with Gasteiger partial charge in [-0.05, 0) is 48.1 Å². The largest absolute Gasteiger partial charge is 0.417 e. The van der Waals surface area contributed by atoms with Crippen LogP contribution in [0, 0.1) is 4.77 Å². The second-order valence-electron chi connectivity index (χ2n) is 6.79. The molecular formula is C20H14ClF3N4O2S2. The van der Waals surface area contributed by atoms with Gasteiger partial charge in [-0.3, -0.25) is 4.40 Å². The first-order valence-electron chi connectivity index (χ1n) is 9.19. The number of fused-ring (bicyclic) bond motifs is 1. The highest BCUT2D eigenvalue weighted by Gasteiger charge is 2.31. The molecule has 0 atom stereocenters. The van der Waals surface area contributed by atoms with Gasteiger partial charge in [-0.15, -0.1) is 5.10 Å². The van der Waals surface area contributed by atoms with Crippen LogP contribution >= 0.6 is 23.8 Å². The maximum absolute atomic E-state index is 13.1. The maximum atomic E-state index is 13.1. The highest BCUT2D eigenvalue weighted by atomic mass is 35.5. The molecule has 0 aliphatic rings. The van der Waals surface area contributed by atoms with E-state index in [2.05, 4.69) is 10.1 Å². The third-order valence-corrected chi connectivity index (χ3v) is 7.12. The van der Waals surface area contributed by atoms with Gasteiger partial charge in [0.2, 0.25) is 4.77 Å². The number of sulfone groups is 1. The minimum Gasteiger partial charge on any atom is -0.274 e. The second-order valence-corrected chi connectivity index (χ2v) is 9.84. The summed E-state index contributed by atoms with van der Waals surface area (Å²) >= 11 is 11.2. The molecule has 1 aromatic carbocycles. The topological polar surface area (TPSA) is 69.3 Å². The summed E-state index contributed by atoms with van der Waals surface area (Å²) in [7, 11) is -3.79. The number of halogens is 4. The summed E-state index contributed by atoms with van der Waals surface area (Å²) < 4.78 is 67.0. The molecule has 0 bridgehead atoms. The third kappa shape index (κ3) is 4.03. The van der Waals surface area contributed by atoms with E-state index in [4.69, 9.17) is 23.8 Å². The molecule has 0 saturated carbocycles. The zero-order valence-corrected chi connectivity index (χ0v) is 18.7. The van der Waals surface area contributed by atoms with Crippen molar-refractivity contribution in [3.8, 4) is 16.9 Å². The molecule has 0 fully saturated rings. The zero-order chi connectivity index (χ0) is 23.3. The first kappa shape index (κ1) is 22.4. The van der Waals surface area contributed by atoms with Crippen LogP contribution in [0.5, 0.6) is 0 Å². The number of pyridine rings is 2. The Morgan fingerprint density at radius 1 is 1.09 bits per heavy atom. The Balaban J connectivity index is 1.95. The fourth-order valence-electron chi connectivity index (χ4n) is 3.06. The average molecular weight is 499 g/mol. The maximum Gasteiger partial charge on any atom is 0.417 e. The number of nitrogens with zero attached hydrogens (tertiary/aromatic N) is 4. The minimum absolute atomic E-state index is 0.0909. The number of hydrogen-bond acceptors (Lipinski definition) is 5. The molecule has 0 aliphatic carbocycles. The Bertz CT molecular complexity index is 1490. The first-order chi connectivity index (χ1) is 15.0. The highest BCUT2D eigenvalue weighted by Crippen LogP contribution is 2.30. The van der Waals surface area contributed by atoms with Crippen LogP contribution in [-0.2, 0) is 16.0 Å². The van der Waals surface area contributed by atoms with Crippen molar-refractivity contribution in [1.29, 1.82) is 0 Å². The minimum atomic E-state index is -4.57. The molecule has 0 saturated heterocycles. The van der Waals surface area contributed by atoms with Gasteiger partial charge in [-0.2, -0.15) is 17.9 Å². The molecule has 12 heteroatoms. The van der Waals surface area contributed by atoms with E-state index in [1.54, 1.807) is 24.3 Å². The molecule has 0 radical (unpaired) electrons. The van der Waals surface area contributed by atoms with Gasteiger partial charge in [0.05, 0.1) is 11.3 Å². The molecule has 0 aliphatic heterocycles. The Kier molecular flexibility index (Phi) is 5.60. The van der Waals surface area contributed by atoms with Gasteiger partial charge in [0, 0.05) is 23.0 Å². The van der Waals surface area contributed by atoms with Crippen molar-refractivity contribution >= 4 is 39.3 Å². The van der Waals surface area contributed by atoms with Crippen molar-refractivity contribution in [2.24, 2.45) is 0 Å². The van der Waals surface area contributed by atoms with Crippen LogP contribution in [0.3, 0.4) is 0 Å². The van der Waals surface area contributed by atoms with Gasteiger partial charge >= 0.3 is 6.18 Å². The molecule has 3 aromatic heterocycles. The van der Waals surface area contributed by atoms with Crippen LogP contribution < -0.4 is 0 Å². The fraction of sp³-hybridized carbons (Fsp3) is 0.150. The number of alkyl halides is 3. The lowest BCUT2D eigenvalue weighted by molar-refractivity contribution is -0.137. The molecular weight excluding hydrogens is 485 g/mol. The quantitative estimate of drug-likeness (QED) is 0.353. The number of aromatic nitrogens is 4. The van der Waals surface area contributed by atoms with E-state index in [1.165, 1.54) is 19.2 Å². The van der Waals surface area contributed by atoms with E-state index in [9.17, 15) is 21.6 Å². The number of rotatable bonds is 4. The van der Waals surface area contributed by atoms with Crippen molar-refractivity contribution in [2.45, 2.75) is 18.0 Å². The van der Waals surface area contributed by atoms with Crippen LogP contribution in [-0.4, -0.2) is 33.3 Å². The van der Waals surface area contributed by atoms with E-state index in [0.29, 0.717) is 16.1 Å². The summed E-state index contributed by atoms with van der Waals surface area (Å²) in [6.45, 7) is 1.48. The molecule has 32 heavy (non-hydrogen) atoms. The standard InChI is InChI=1S/C20H14ClF3N4O2S2/c1-2-32(29,30)16-9-13(12-3-6-15(21)7-4-12)10-25-18(16)28-19(31)27-11-14(20(22,23)24)5-8-17(27)26-28/h3-11H,2H2,1H3. The summed E-state index contributed by atoms with van der Waals surface area (Å²) in [6.07, 6.45) is -2.31. The summed E-state index contributed by atoms with van der Waals surface area (Å²) in [5.41, 5.74) is 0.418. The molecule has 166 valence electrons. The van der Waals surface area contributed by atoms with E-state index in [1.807, 2.05) is 0 Å². The van der Waals surface area contributed by atoms with Crippen LogP contribution in [0.25, 0.3) is 22.6 Å². The predicted octanol–water partition coefficient (Wildman–Crippen LogP) is 5.38. The Hall–Kier alpha value is -2.76. The summed E-state index contributed by atoms with van der Waals surface area (Å²) in [4.78, 5) is 4.14. The molecule has 3 heterocycles. The van der Waals surface area contributed by atoms with Crippen LogP contribution in [0.15, 0.2) is 59.8 Å². The lowest BCUT2D eigenvalue weighted by atomic mass is 10.1. The van der Waals surface area contributed by atoms with Gasteiger partial charge in [-0.25, -0.2) is 13.4 Å². The summed E-state index contributed by atoms with van der Waals surface area (Å²) in [5.74, 6) is -0.308. The molecule has 4 rings (SSSR count). The van der Waals surface area contributed by atoms with Crippen LogP contribution in [0.1, 0.15) is 12.5 Å². The third-order valence-electron chi connectivity index (χ3n) is 4.77. The summed E-state index contributed by atoms with van der Waals surface area (Å²) in [6, 6.07) is 10.2. The van der Waals surface area contributed by atoms with Gasteiger partial charge in [0.25, 0.3) is 0 Å². The molecule has 0 unspecified atom stereocenters. The van der Waals surface area contributed by atoms with Crippen molar-refractivity contribution in [3.05, 3.63) is 70.2 Å². The van der Waals surface area contributed by atoms with Crippen LogP contribution in [0.2, 0.25) is 5.02 Å². The van der Waals surface area contributed by atoms with Crippen molar-refractivity contribution in [2.75, 3.05) is 5.75 Å². The van der Waals surface area contributed by atoms with Crippen LogP contribution in [0.4, 0.5) is 13.2 Å². The Morgan fingerprint density at radius 2 is 1.78 bits per heavy atom. The lowest BCUT2D eigenvalue weighted by Gasteiger charge is -2.11. The zero-order valence-electron chi connectivity index (χ0n) is 16.3.